The molecule has 2 N–H and O–H groups in total. The molecule has 2 aromatic carbocycles. The molecule has 138 valence electrons. The van der Waals surface area contributed by atoms with Crippen molar-refractivity contribution in [2.75, 3.05) is 13.2 Å². The SMILES string of the molecule is O=C(CCNS(=O)(=O)c1ccc(F)cc1)NC1CCOc2ccccc21. The van der Waals surface area contributed by atoms with Crippen molar-refractivity contribution in [3.8, 4) is 5.75 Å². The molecule has 0 bridgehead atoms. The van der Waals surface area contributed by atoms with Crippen LogP contribution in [0.4, 0.5) is 4.39 Å². The second kappa shape index (κ2) is 7.84. The van der Waals surface area contributed by atoms with Gasteiger partial charge in [-0.2, -0.15) is 0 Å². The Labute approximate surface area is 151 Å². The van der Waals surface area contributed by atoms with Gasteiger partial charge in [-0.05, 0) is 30.3 Å². The Morgan fingerprint density at radius 3 is 2.65 bits per heavy atom. The number of benzene rings is 2. The Balaban J connectivity index is 1.53. The predicted molar refractivity (Wildman–Crippen MR) is 93.6 cm³/mol. The summed E-state index contributed by atoms with van der Waals surface area (Å²) in [6, 6.07) is 11.8. The van der Waals surface area contributed by atoms with E-state index in [1.165, 1.54) is 12.1 Å². The van der Waals surface area contributed by atoms with Gasteiger partial charge in [0.2, 0.25) is 15.9 Å². The third kappa shape index (κ3) is 4.39. The average Bonchev–Trinajstić information content (AvgIpc) is 2.62. The fourth-order valence-electron chi connectivity index (χ4n) is 2.75. The Bertz CT molecular complexity index is 884. The van der Waals surface area contributed by atoms with Crippen molar-refractivity contribution < 1.29 is 22.3 Å². The second-order valence-corrected chi connectivity index (χ2v) is 7.66. The zero-order chi connectivity index (χ0) is 18.6. The van der Waals surface area contributed by atoms with Crippen molar-refractivity contribution in [2.24, 2.45) is 0 Å². The van der Waals surface area contributed by atoms with E-state index >= 15 is 0 Å². The highest BCUT2D eigenvalue weighted by atomic mass is 32.2. The average molecular weight is 378 g/mol. The van der Waals surface area contributed by atoms with Gasteiger partial charge in [-0.1, -0.05) is 18.2 Å². The molecule has 3 rings (SSSR count). The van der Waals surface area contributed by atoms with E-state index in [4.69, 9.17) is 4.74 Å². The molecule has 1 aliphatic heterocycles. The molecule has 26 heavy (non-hydrogen) atoms. The van der Waals surface area contributed by atoms with Crippen LogP contribution >= 0.6 is 0 Å². The van der Waals surface area contributed by atoms with Crippen LogP contribution in [-0.4, -0.2) is 27.5 Å². The number of carbonyl (C=O) groups excluding carboxylic acids is 1. The van der Waals surface area contributed by atoms with Gasteiger partial charge in [-0.3, -0.25) is 4.79 Å². The lowest BCUT2D eigenvalue weighted by molar-refractivity contribution is -0.121. The first-order valence-electron chi connectivity index (χ1n) is 8.22. The summed E-state index contributed by atoms with van der Waals surface area (Å²) in [4.78, 5) is 12.1. The molecule has 0 saturated heterocycles. The summed E-state index contributed by atoms with van der Waals surface area (Å²) in [6.45, 7) is 0.468. The third-order valence-corrected chi connectivity index (χ3v) is 5.54. The zero-order valence-electron chi connectivity index (χ0n) is 13.9. The highest BCUT2D eigenvalue weighted by Crippen LogP contribution is 2.31. The molecule has 1 heterocycles. The first kappa shape index (κ1) is 18.3. The zero-order valence-corrected chi connectivity index (χ0v) is 14.8. The van der Waals surface area contributed by atoms with Crippen molar-refractivity contribution in [1.29, 1.82) is 0 Å². The monoisotopic (exact) mass is 378 g/mol. The quantitative estimate of drug-likeness (QED) is 0.807. The molecule has 1 aliphatic rings. The van der Waals surface area contributed by atoms with Crippen LogP contribution < -0.4 is 14.8 Å². The molecular weight excluding hydrogens is 359 g/mol. The predicted octanol–water partition coefficient (Wildman–Crippen LogP) is 2.13. The molecule has 6 nitrogen and oxygen atoms in total. The lowest BCUT2D eigenvalue weighted by atomic mass is 10.0. The number of amides is 1. The van der Waals surface area contributed by atoms with E-state index in [1.807, 2.05) is 24.3 Å². The molecule has 0 spiro atoms. The van der Waals surface area contributed by atoms with Crippen LogP contribution in [0.2, 0.25) is 0 Å². The highest BCUT2D eigenvalue weighted by Gasteiger charge is 2.22. The number of fused-ring (bicyclic) bond motifs is 1. The van der Waals surface area contributed by atoms with Gasteiger partial charge < -0.3 is 10.1 Å². The van der Waals surface area contributed by atoms with Crippen LogP contribution in [0.1, 0.15) is 24.4 Å². The summed E-state index contributed by atoms with van der Waals surface area (Å²) >= 11 is 0. The van der Waals surface area contributed by atoms with Gasteiger partial charge in [0, 0.05) is 24.9 Å². The summed E-state index contributed by atoms with van der Waals surface area (Å²) in [7, 11) is -3.77. The Morgan fingerprint density at radius 1 is 1.15 bits per heavy atom. The Kier molecular flexibility index (Phi) is 5.53. The Morgan fingerprint density at radius 2 is 1.88 bits per heavy atom. The minimum atomic E-state index is -3.77. The van der Waals surface area contributed by atoms with Crippen LogP contribution in [-0.2, 0) is 14.8 Å². The molecule has 2 aromatic rings. The number of halogens is 1. The van der Waals surface area contributed by atoms with E-state index in [0.717, 1.165) is 23.4 Å². The highest BCUT2D eigenvalue weighted by molar-refractivity contribution is 7.89. The lowest BCUT2D eigenvalue weighted by Crippen LogP contribution is -2.35. The molecular formula is C18H19FN2O4S. The standard InChI is InChI=1S/C18H19FN2O4S/c19-13-5-7-14(8-6-13)26(23,24)20-11-9-18(22)21-16-10-12-25-17-4-2-1-3-15(16)17/h1-8,16,20H,9-12H2,(H,21,22). The van der Waals surface area contributed by atoms with Gasteiger partial charge in [-0.15, -0.1) is 0 Å². The van der Waals surface area contributed by atoms with Gasteiger partial charge in [0.1, 0.15) is 11.6 Å². The summed E-state index contributed by atoms with van der Waals surface area (Å²) in [5.74, 6) is -0.0188. The minimum Gasteiger partial charge on any atom is -0.493 e. The van der Waals surface area contributed by atoms with Crippen molar-refractivity contribution >= 4 is 15.9 Å². The van der Waals surface area contributed by atoms with Gasteiger partial charge in [-0.25, -0.2) is 17.5 Å². The van der Waals surface area contributed by atoms with Gasteiger partial charge in [0.05, 0.1) is 17.5 Å². The van der Waals surface area contributed by atoms with Gasteiger partial charge >= 0.3 is 0 Å². The summed E-state index contributed by atoms with van der Waals surface area (Å²) in [5.41, 5.74) is 0.916. The fraction of sp³-hybridized carbons (Fsp3) is 0.278. The topological polar surface area (TPSA) is 84.5 Å². The van der Waals surface area contributed by atoms with E-state index in [-0.39, 0.29) is 29.8 Å². The lowest BCUT2D eigenvalue weighted by Gasteiger charge is -2.26. The number of carbonyl (C=O) groups is 1. The van der Waals surface area contributed by atoms with Crippen molar-refractivity contribution in [3.63, 3.8) is 0 Å². The molecule has 0 fully saturated rings. The molecule has 8 heteroatoms. The maximum absolute atomic E-state index is 12.9. The summed E-state index contributed by atoms with van der Waals surface area (Å²) < 4.78 is 45.0. The summed E-state index contributed by atoms with van der Waals surface area (Å²) in [6.07, 6.45) is 0.657. The number of rotatable bonds is 6. The number of nitrogens with one attached hydrogen (secondary N) is 2. The first-order chi connectivity index (χ1) is 12.5. The first-order valence-corrected chi connectivity index (χ1v) is 9.70. The fourth-order valence-corrected chi connectivity index (χ4v) is 3.79. The normalized spacial score (nSPS) is 16.4. The van der Waals surface area contributed by atoms with E-state index < -0.39 is 15.8 Å². The number of ether oxygens (including phenoxy) is 1. The molecule has 0 radical (unpaired) electrons. The summed E-state index contributed by atoms with van der Waals surface area (Å²) in [5, 5.41) is 2.91. The number of para-hydroxylation sites is 1. The molecule has 0 saturated carbocycles. The minimum absolute atomic E-state index is 0.0000509. The van der Waals surface area contributed by atoms with Crippen LogP contribution in [0.25, 0.3) is 0 Å². The van der Waals surface area contributed by atoms with Crippen molar-refractivity contribution in [3.05, 3.63) is 59.9 Å². The maximum atomic E-state index is 12.9. The van der Waals surface area contributed by atoms with Crippen LogP contribution in [0, 0.1) is 5.82 Å². The molecule has 1 atom stereocenters. The van der Waals surface area contributed by atoms with Crippen molar-refractivity contribution in [1.82, 2.24) is 10.0 Å². The van der Waals surface area contributed by atoms with E-state index in [1.54, 1.807) is 0 Å². The number of hydrogen-bond acceptors (Lipinski definition) is 4. The van der Waals surface area contributed by atoms with Crippen LogP contribution in [0.3, 0.4) is 0 Å². The van der Waals surface area contributed by atoms with E-state index in [2.05, 4.69) is 10.0 Å². The molecule has 1 amide bonds. The number of sulfonamides is 1. The van der Waals surface area contributed by atoms with Crippen LogP contribution in [0.15, 0.2) is 53.4 Å². The second-order valence-electron chi connectivity index (χ2n) is 5.90. The molecule has 0 aliphatic carbocycles. The van der Waals surface area contributed by atoms with Crippen molar-refractivity contribution in [2.45, 2.75) is 23.8 Å². The third-order valence-electron chi connectivity index (χ3n) is 4.06. The maximum Gasteiger partial charge on any atom is 0.240 e. The largest absolute Gasteiger partial charge is 0.493 e. The van der Waals surface area contributed by atoms with E-state index in [9.17, 15) is 17.6 Å². The van der Waals surface area contributed by atoms with E-state index in [0.29, 0.717) is 13.0 Å². The molecule has 1 unspecified atom stereocenters. The molecule has 0 aromatic heterocycles. The van der Waals surface area contributed by atoms with Crippen LogP contribution in [0.5, 0.6) is 5.75 Å². The number of hydrogen-bond donors (Lipinski definition) is 2. The van der Waals surface area contributed by atoms with Gasteiger partial charge in [0.25, 0.3) is 0 Å². The Hall–Kier alpha value is -2.45. The smallest absolute Gasteiger partial charge is 0.240 e. The van der Waals surface area contributed by atoms with Gasteiger partial charge in [0.15, 0.2) is 0 Å².